The van der Waals surface area contributed by atoms with Gasteiger partial charge in [0.05, 0.1) is 25.3 Å². The van der Waals surface area contributed by atoms with Crippen LogP contribution in [0, 0.1) is 0 Å². The van der Waals surface area contributed by atoms with Gasteiger partial charge in [-0.25, -0.2) is 4.79 Å². The lowest BCUT2D eigenvalue weighted by molar-refractivity contribution is 0.0991. The topological polar surface area (TPSA) is 53.0 Å². The molecule has 94 valence electrons. The minimum absolute atomic E-state index is 0.0127. The maximum Gasteiger partial charge on any atom is 0.409 e. The number of carbonyl (C=O) groups is 1. The first-order valence-electron chi connectivity index (χ1n) is 5.82. The number of aliphatic hydroxyl groups is 1. The van der Waals surface area contributed by atoms with E-state index in [1.807, 2.05) is 19.0 Å². The normalized spacial score (nSPS) is 25.2. The molecule has 1 fully saturated rings. The molecule has 1 aliphatic heterocycles. The lowest BCUT2D eigenvalue weighted by Crippen LogP contribution is -2.38. The Morgan fingerprint density at radius 2 is 2.19 bits per heavy atom. The third kappa shape index (κ3) is 3.35. The summed E-state index contributed by atoms with van der Waals surface area (Å²) in [6, 6.07) is 0.0127. The molecule has 16 heavy (non-hydrogen) atoms. The number of likely N-dealkylation sites (N-methyl/N-ethyl adjacent to an activating group) is 1. The summed E-state index contributed by atoms with van der Waals surface area (Å²) in [7, 11) is 3.81. The van der Waals surface area contributed by atoms with Crippen LogP contribution in [0.15, 0.2) is 0 Å². The van der Waals surface area contributed by atoms with Crippen LogP contribution in [0.25, 0.3) is 0 Å². The van der Waals surface area contributed by atoms with Crippen LogP contribution < -0.4 is 0 Å². The van der Waals surface area contributed by atoms with Crippen molar-refractivity contribution < 1.29 is 14.6 Å². The Morgan fingerprint density at radius 3 is 2.69 bits per heavy atom. The fourth-order valence-electron chi connectivity index (χ4n) is 1.82. The van der Waals surface area contributed by atoms with Crippen molar-refractivity contribution in [1.29, 1.82) is 0 Å². The van der Waals surface area contributed by atoms with Gasteiger partial charge < -0.3 is 19.6 Å². The van der Waals surface area contributed by atoms with E-state index < -0.39 is 6.10 Å². The molecule has 5 nitrogen and oxygen atoms in total. The molecule has 0 radical (unpaired) electrons. The van der Waals surface area contributed by atoms with Gasteiger partial charge in [0.25, 0.3) is 0 Å². The van der Waals surface area contributed by atoms with Crippen molar-refractivity contribution in [2.45, 2.75) is 31.9 Å². The number of nitrogens with zero attached hydrogens (tertiary/aromatic N) is 2. The molecule has 0 aliphatic carbocycles. The first kappa shape index (κ1) is 13.3. The van der Waals surface area contributed by atoms with E-state index in [9.17, 15) is 9.90 Å². The van der Waals surface area contributed by atoms with Crippen LogP contribution in [0.2, 0.25) is 0 Å². The number of amides is 1. The molecule has 0 aromatic rings. The molecule has 1 aliphatic rings. The van der Waals surface area contributed by atoms with Crippen LogP contribution in [0.1, 0.15) is 19.8 Å². The van der Waals surface area contributed by atoms with Crippen molar-refractivity contribution in [3.05, 3.63) is 0 Å². The Hall–Kier alpha value is -0.810. The maximum atomic E-state index is 11.6. The summed E-state index contributed by atoms with van der Waals surface area (Å²) < 4.78 is 5.10. The molecule has 1 rings (SSSR count). The lowest BCUT2D eigenvalue weighted by Gasteiger charge is -2.21. The number of unbranched alkanes of at least 4 members (excludes halogenated alkanes) is 1. The fourth-order valence-corrected chi connectivity index (χ4v) is 1.82. The molecular formula is C11H22N2O3. The minimum atomic E-state index is -0.478. The van der Waals surface area contributed by atoms with E-state index in [1.165, 1.54) is 0 Å². The third-order valence-corrected chi connectivity index (χ3v) is 2.90. The highest BCUT2D eigenvalue weighted by Crippen LogP contribution is 2.15. The van der Waals surface area contributed by atoms with E-state index in [2.05, 4.69) is 6.92 Å². The molecule has 0 saturated carbocycles. The van der Waals surface area contributed by atoms with Gasteiger partial charge >= 0.3 is 6.09 Å². The Labute approximate surface area is 97.0 Å². The van der Waals surface area contributed by atoms with E-state index in [0.29, 0.717) is 19.7 Å². The second-order valence-electron chi connectivity index (χ2n) is 4.47. The number of β-amino-alcohol motifs (C(OH)–C–C–N with tert-alkyl or cyclic N) is 1. The molecule has 1 saturated heterocycles. The van der Waals surface area contributed by atoms with Crippen molar-refractivity contribution in [2.75, 3.05) is 33.8 Å². The molecular weight excluding hydrogens is 208 g/mol. The Kier molecular flexibility index (Phi) is 5.02. The highest BCUT2D eigenvalue weighted by Gasteiger charge is 2.35. The summed E-state index contributed by atoms with van der Waals surface area (Å²) in [5.41, 5.74) is 0. The Bertz CT molecular complexity index is 233. The van der Waals surface area contributed by atoms with Crippen molar-refractivity contribution in [3.8, 4) is 0 Å². The monoisotopic (exact) mass is 230 g/mol. The summed E-state index contributed by atoms with van der Waals surface area (Å²) in [5, 5.41) is 9.76. The largest absolute Gasteiger partial charge is 0.449 e. The molecule has 0 spiro atoms. The van der Waals surface area contributed by atoms with Crippen molar-refractivity contribution >= 4 is 6.09 Å². The zero-order valence-corrected chi connectivity index (χ0v) is 10.3. The van der Waals surface area contributed by atoms with Gasteiger partial charge in [0, 0.05) is 6.54 Å². The van der Waals surface area contributed by atoms with Gasteiger partial charge in [0.15, 0.2) is 0 Å². The molecule has 2 atom stereocenters. The summed E-state index contributed by atoms with van der Waals surface area (Å²) in [5.74, 6) is 0. The molecule has 5 heteroatoms. The van der Waals surface area contributed by atoms with Crippen molar-refractivity contribution in [1.82, 2.24) is 9.80 Å². The lowest BCUT2D eigenvalue weighted by atomic mass is 10.2. The smallest absolute Gasteiger partial charge is 0.409 e. The molecule has 1 heterocycles. The number of carbonyl (C=O) groups excluding carboxylic acids is 1. The van der Waals surface area contributed by atoms with Crippen LogP contribution in [0.3, 0.4) is 0 Å². The van der Waals surface area contributed by atoms with Crippen LogP contribution in [-0.4, -0.2) is 66.9 Å². The fraction of sp³-hybridized carbons (Fsp3) is 0.909. The predicted molar refractivity (Wildman–Crippen MR) is 61.3 cm³/mol. The highest BCUT2D eigenvalue weighted by molar-refractivity contribution is 5.68. The quantitative estimate of drug-likeness (QED) is 0.716. The summed E-state index contributed by atoms with van der Waals surface area (Å²) in [6.07, 6.45) is 1.11. The van der Waals surface area contributed by atoms with E-state index in [-0.39, 0.29) is 12.1 Å². The van der Waals surface area contributed by atoms with E-state index >= 15 is 0 Å². The second-order valence-corrected chi connectivity index (χ2v) is 4.47. The van der Waals surface area contributed by atoms with E-state index in [4.69, 9.17) is 4.74 Å². The van der Waals surface area contributed by atoms with Crippen molar-refractivity contribution in [2.24, 2.45) is 0 Å². The van der Waals surface area contributed by atoms with Gasteiger partial charge in [-0.3, -0.25) is 0 Å². The van der Waals surface area contributed by atoms with Gasteiger partial charge in [-0.15, -0.1) is 0 Å². The average molecular weight is 230 g/mol. The first-order valence-corrected chi connectivity index (χ1v) is 5.82. The number of hydrogen-bond acceptors (Lipinski definition) is 4. The molecule has 0 aromatic heterocycles. The molecule has 1 amide bonds. The van der Waals surface area contributed by atoms with Crippen LogP contribution >= 0.6 is 0 Å². The molecule has 1 N–H and O–H groups in total. The third-order valence-electron chi connectivity index (χ3n) is 2.90. The Morgan fingerprint density at radius 1 is 1.50 bits per heavy atom. The number of likely N-dealkylation sites (tertiary alicyclic amines) is 1. The molecule has 0 aromatic carbocycles. The molecule has 0 bridgehead atoms. The predicted octanol–water partition coefficient (Wildman–Crippen LogP) is 0.530. The van der Waals surface area contributed by atoms with Gasteiger partial charge in [-0.1, -0.05) is 13.3 Å². The second kappa shape index (κ2) is 6.06. The maximum absolute atomic E-state index is 11.6. The summed E-state index contributed by atoms with van der Waals surface area (Å²) in [6.45, 7) is 3.43. The van der Waals surface area contributed by atoms with E-state index in [1.54, 1.807) is 4.90 Å². The number of hydrogen-bond donors (Lipinski definition) is 1. The number of rotatable bonds is 4. The van der Waals surface area contributed by atoms with E-state index in [0.717, 1.165) is 12.8 Å². The van der Waals surface area contributed by atoms with Crippen LogP contribution in [-0.2, 0) is 4.74 Å². The molecule has 2 unspecified atom stereocenters. The summed E-state index contributed by atoms with van der Waals surface area (Å²) in [4.78, 5) is 15.1. The first-order chi connectivity index (χ1) is 7.56. The summed E-state index contributed by atoms with van der Waals surface area (Å²) >= 11 is 0. The SMILES string of the molecule is CCCCOC(=O)N1CC(O)C(N(C)C)C1. The standard InChI is InChI=1S/C11H22N2O3/c1-4-5-6-16-11(15)13-7-9(12(2)3)10(14)8-13/h9-10,14H,4-8H2,1-3H3. The zero-order chi connectivity index (χ0) is 12.1. The minimum Gasteiger partial charge on any atom is -0.449 e. The van der Waals surface area contributed by atoms with Gasteiger partial charge in [0.1, 0.15) is 0 Å². The highest BCUT2D eigenvalue weighted by atomic mass is 16.6. The van der Waals surface area contributed by atoms with Gasteiger partial charge in [-0.05, 0) is 20.5 Å². The van der Waals surface area contributed by atoms with Crippen molar-refractivity contribution in [3.63, 3.8) is 0 Å². The average Bonchev–Trinajstić information content (AvgIpc) is 2.60. The number of aliphatic hydroxyl groups excluding tert-OH is 1. The zero-order valence-electron chi connectivity index (χ0n) is 10.3. The number of ether oxygens (including phenoxy) is 1. The van der Waals surface area contributed by atoms with Crippen LogP contribution in [0.4, 0.5) is 4.79 Å². The van der Waals surface area contributed by atoms with Gasteiger partial charge in [0.2, 0.25) is 0 Å². The Balaban J connectivity index is 2.36. The van der Waals surface area contributed by atoms with Crippen LogP contribution in [0.5, 0.6) is 0 Å². The van der Waals surface area contributed by atoms with Gasteiger partial charge in [-0.2, -0.15) is 0 Å².